The number of halogens is 3. The summed E-state index contributed by atoms with van der Waals surface area (Å²) in [4.78, 5) is 0. The first-order valence-electron chi connectivity index (χ1n) is 8.06. The summed E-state index contributed by atoms with van der Waals surface area (Å²) < 4.78 is 16.1. The van der Waals surface area contributed by atoms with Crippen molar-refractivity contribution < 1.29 is 4.39 Å². The molecule has 1 aromatic rings. The molecule has 0 fully saturated rings. The molecule has 1 heterocycles. The SMILES string of the molecule is CCCCCCCC(C)(CCCC)n1nc(Cl)c(Br)c1F. The standard InChI is InChI=1S/C16H27BrClFN2/c1-4-6-8-9-10-12-16(3,11-7-5-2)21-15(19)13(17)14(18)20-21/h4-12H2,1-3H3. The normalized spacial score (nSPS) is 14.4. The van der Waals surface area contributed by atoms with Crippen molar-refractivity contribution in [3.05, 3.63) is 15.6 Å². The van der Waals surface area contributed by atoms with E-state index in [0.717, 1.165) is 32.1 Å². The van der Waals surface area contributed by atoms with E-state index in [9.17, 15) is 4.39 Å². The fourth-order valence-electron chi connectivity index (χ4n) is 2.72. The smallest absolute Gasteiger partial charge is 0.227 e. The topological polar surface area (TPSA) is 17.8 Å². The van der Waals surface area contributed by atoms with Gasteiger partial charge in [0.1, 0.15) is 4.47 Å². The van der Waals surface area contributed by atoms with Crippen LogP contribution in [0.2, 0.25) is 5.15 Å². The van der Waals surface area contributed by atoms with Crippen LogP contribution in [0.1, 0.15) is 78.6 Å². The van der Waals surface area contributed by atoms with Crippen molar-refractivity contribution in [2.45, 2.75) is 84.1 Å². The maximum atomic E-state index is 14.3. The Morgan fingerprint density at radius 2 is 1.67 bits per heavy atom. The average Bonchev–Trinajstić information content (AvgIpc) is 2.73. The van der Waals surface area contributed by atoms with Gasteiger partial charge in [-0.3, -0.25) is 0 Å². The largest absolute Gasteiger partial charge is 0.231 e. The Morgan fingerprint density at radius 1 is 1.10 bits per heavy atom. The van der Waals surface area contributed by atoms with Crippen LogP contribution in [0.15, 0.2) is 4.47 Å². The molecular weight excluding hydrogens is 355 g/mol. The zero-order chi connectivity index (χ0) is 15.9. The van der Waals surface area contributed by atoms with Gasteiger partial charge in [0.25, 0.3) is 0 Å². The maximum absolute atomic E-state index is 14.3. The number of nitrogens with zero attached hydrogens (tertiary/aromatic N) is 2. The molecule has 0 saturated heterocycles. The Balaban J connectivity index is 2.79. The highest BCUT2D eigenvalue weighted by Gasteiger charge is 2.31. The van der Waals surface area contributed by atoms with E-state index in [2.05, 4.69) is 41.8 Å². The van der Waals surface area contributed by atoms with Gasteiger partial charge in [0.05, 0.1) is 5.54 Å². The quantitative estimate of drug-likeness (QED) is 0.412. The molecule has 0 radical (unpaired) electrons. The summed E-state index contributed by atoms with van der Waals surface area (Å²) >= 11 is 9.13. The van der Waals surface area contributed by atoms with Crippen LogP contribution in [0, 0.1) is 5.95 Å². The monoisotopic (exact) mass is 380 g/mol. The third kappa shape index (κ3) is 5.24. The van der Waals surface area contributed by atoms with Crippen molar-refractivity contribution in [3.63, 3.8) is 0 Å². The molecule has 0 aromatic carbocycles. The second-order valence-electron chi connectivity index (χ2n) is 6.07. The van der Waals surface area contributed by atoms with Gasteiger partial charge in [0.2, 0.25) is 5.95 Å². The summed E-state index contributed by atoms with van der Waals surface area (Å²) in [7, 11) is 0. The second kappa shape index (κ2) is 9.14. The number of hydrogen-bond acceptors (Lipinski definition) is 1. The molecule has 122 valence electrons. The highest BCUT2D eigenvalue weighted by molar-refractivity contribution is 9.10. The Hall–Kier alpha value is -0.0900. The Labute approximate surface area is 141 Å². The van der Waals surface area contributed by atoms with Gasteiger partial charge >= 0.3 is 0 Å². The molecule has 5 heteroatoms. The van der Waals surface area contributed by atoms with E-state index >= 15 is 0 Å². The molecule has 1 aromatic heterocycles. The fourth-order valence-corrected chi connectivity index (χ4v) is 3.12. The van der Waals surface area contributed by atoms with Gasteiger partial charge in [0.15, 0.2) is 5.15 Å². The number of unbranched alkanes of at least 4 members (excludes halogenated alkanes) is 5. The van der Waals surface area contributed by atoms with E-state index in [-0.39, 0.29) is 21.1 Å². The number of hydrogen-bond donors (Lipinski definition) is 0. The van der Waals surface area contributed by atoms with Gasteiger partial charge in [0, 0.05) is 0 Å². The van der Waals surface area contributed by atoms with Crippen LogP contribution in [0.4, 0.5) is 4.39 Å². The third-order valence-corrected chi connectivity index (χ3v) is 5.33. The molecule has 0 spiro atoms. The van der Waals surface area contributed by atoms with Crippen molar-refractivity contribution >= 4 is 27.5 Å². The molecule has 1 rings (SSSR count). The zero-order valence-corrected chi connectivity index (χ0v) is 15.7. The molecule has 0 aliphatic heterocycles. The molecule has 1 atom stereocenters. The van der Waals surface area contributed by atoms with E-state index in [4.69, 9.17) is 11.6 Å². The first-order chi connectivity index (χ1) is 9.96. The van der Waals surface area contributed by atoms with Gasteiger partial charge in [-0.2, -0.15) is 9.49 Å². The van der Waals surface area contributed by atoms with E-state index in [1.54, 1.807) is 0 Å². The lowest BCUT2D eigenvalue weighted by Gasteiger charge is -2.30. The van der Waals surface area contributed by atoms with Gasteiger partial charge in [-0.1, -0.05) is 70.4 Å². The maximum Gasteiger partial charge on any atom is 0.227 e. The number of rotatable bonds is 10. The third-order valence-electron chi connectivity index (χ3n) is 4.14. The lowest BCUT2D eigenvalue weighted by molar-refractivity contribution is 0.200. The van der Waals surface area contributed by atoms with Gasteiger partial charge in [-0.05, 0) is 35.7 Å². The van der Waals surface area contributed by atoms with Crippen LogP contribution in [0.3, 0.4) is 0 Å². The van der Waals surface area contributed by atoms with Crippen molar-refractivity contribution in [1.82, 2.24) is 9.78 Å². The van der Waals surface area contributed by atoms with Gasteiger partial charge in [-0.25, -0.2) is 4.68 Å². The molecule has 0 bridgehead atoms. The second-order valence-corrected chi connectivity index (χ2v) is 7.22. The molecule has 0 aliphatic rings. The predicted octanol–water partition coefficient (Wildman–Crippen LogP) is 6.70. The van der Waals surface area contributed by atoms with Crippen molar-refractivity contribution in [2.75, 3.05) is 0 Å². The van der Waals surface area contributed by atoms with Crippen molar-refractivity contribution in [2.24, 2.45) is 0 Å². The molecule has 0 N–H and O–H groups in total. The van der Waals surface area contributed by atoms with Crippen LogP contribution in [-0.4, -0.2) is 9.78 Å². The lowest BCUT2D eigenvalue weighted by Crippen LogP contribution is -2.32. The van der Waals surface area contributed by atoms with E-state index < -0.39 is 0 Å². The van der Waals surface area contributed by atoms with E-state index in [1.165, 1.54) is 30.4 Å². The van der Waals surface area contributed by atoms with Gasteiger partial charge < -0.3 is 0 Å². The highest BCUT2D eigenvalue weighted by Crippen LogP contribution is 2.34. The van der Waals surface area contributed by atoms with Crippen LogP contribution < -0.4 is 0 Å². The predicted molar refractivity (Wildman–Crippen MR) is 91.4 cm³/mol. The van der Waals surface area contributed by atoms with Crippen LogP contribution >= 0.6 is 27.5 Å². The minimum Gasteiger partial charge on any atom is -0.231 e. The summed E-state index contributed by atoms with van der Waals surface area (Å²) in [5.74, 6) is -0.354. The molecule has 0 saturated carbocycles. The van der Waals surface area contributed by atoms with Crippen LogP contribution in [-0.2, 0) is 5.54 Å². The number of aromatic nitrogens is 2. The van der Waals surface area contributed by atoms with E-state index in [1.807, 2.05) is 0 Å². The van der Waals surface area contributed by atoms with Crippen molar-refractivity contribution in [3.8, 4) is 0 Å². The average molecular weight is 382 g/mol. The molecule has 0 aliphatic carbocycles. The summed E-state index contributed by atoms with van der Waals surface area (Å²) in [6, 6.07) is 0. The Bertz CT molecular complexity index is 436. The molecular formula is C16H27BrClFN2. The molecule has 21 heavy (non-hydrogen) atoms. The zero-order valence-electron chi connectivity index (χ0n) is 13.4. The van der Waals surface area contributed by atoms with Crippen LogP contribution in [0.25, 0.3) is 0 Å². The minimum atomic E-state index is -0.354. The first-order valence-corrected chi connectivity index (χ1v) is 9.23. The minimum absolute atomic E-state index is 0.209. The molecule has 1 unspecified atom stereocenters. The summed E-state index contributed by atoms with van der Waals surface area (Å²) in [6.45, 7) is 6.47. The highest BCUT2D eigenvalue weighted by atomic mass is 79.9. The molecule has 2 nitrogen and oxygen atoms in total. The summed E-state index contributed by atoms with van der Waals surface area (Å²) in [5, 5.41) is 4.42. The summed E-state index contributed by atoms with van der Waals surface area (Å²) in [5.41, 5.74) is -0.290. The lowest BCUT2D eigenvalue weighted by atomic mass is 9.88. The first kappa shape index (κ1) is 19.0. The summed E-state index contributed by atoms with van der Waals surface area (Å²) in [6.07, 6.45) is 10.1. The van der Waals surface area contributed by atoms with Crippen LogP contribution in [0.5, 0.6) is 0 Å². The van der Waals surface area contributed by atoms with E-state index in [0.29, 0.717) is 0 Å². The Kier molecular flexibility index (Phi) is 8.25. The fraction of sp³-hybridized carbons (Fsp3) is 0.812. The van der Waals surface area contributed by atoms with Gasteiger partial charge in [-0.15, -0.1) is 0 Å². The Morgan fingerprint density at radius 3 is 2.19 bits per heavy atom. The molecule has 0 amide bonds. The van der Waals surface area contributed by atoms with Crippen molar-refractivity contribution in [1.29, 1.82) is 0 Å².